The van der Waals surface area contributed by atoms with Crippen LogP contribution in [0.15, 0.2) is 24.3 Å². The van der Waals surface area contributed by atoms with Crippen LogP contribution in [0, 0.1) is 5.92 Å². The maximum absolute atomic E-state index is 12.1. The second-order valence-electron chi connectivity index (χ2n) is 6.01. The monoisotopic (exact) mass is 318 g/mol. The van der Waals surface area contributed by atoms with Gasteiger partial charge in [0.15, 0.2) is 0 Å². The number of carbonyl (C=O) groups excluding carboxylic acids is 2. The van der Waals surface area contributed by atoms with E-state index < -0.39 is 11.9 Å². The van der Waals surface area contributed by atoms with Gasteiger partial charge in [0.25, 0.3) is 0 Å². The molecule has 1 aliphatic heterocycles. The van der Waals surface area contributed by atoms with Crippen molar-refractivity contribution in [1.29, 1.82) is 0 Å². The lowest BCUT2D eigenvalue weighted by Gasteiger charge is -2.20. The summed E-state index contributed by atoms with van der Waals surface area (Å²) in [6, 6.07) is 7.39. The first-order valence-electron chi connectivity index (χ1n) is 7.74. The summed E-state index contributed by atoms with van der Waals surface area (Å²) in [4.78, 5) is 37.9. The Hall–Kier alpha value is -2.37. The molecule has 0 spiro atoms. The first-order valence-corrected chi connectivity index (χ1v) is 7.74. The van der Waals surface area contributed by atoms with Gasteiger partial charge in [-0.15, -0.1) is 0 Å². The quantitative estimate of drug-likeness (QED) is 0.863. The Morgan fingerprint density at radius 3 is 2.48 bits per heavy atom. The summed E-state index contributed by atoms with van der Waals surface area (Å²) in [6.45, 7) is 2.51. The van der Waals surface area contributed by atoms with Crippen LogP contribution in [0.5, 0.6) is 0 Å². The standard InChI is InChI=1S/C17H22N2O4/c1-12(17(22)23)11-18(2)16(21)10-13-5-7-14(8-6-13)19-9-3-4-15(19)20/h5-8,12H,3-4,9-11H2,1-2H3,(H,22,23)/t12-/m0/s1. The van der Waals surface area contributed by atoms with E-state index in [1.807, 2.05) is 24.3 Å². The second-order valence-corrected chi connectivity index (χ2v) is 6.01. The van der Waals surface area contributed by atoms with Crippen molar-refractivity contribution < 1.29 is 19.5 Å². The molecule has 0 aliphatic carbocycles. The van der Waals surface area contributed by atoms with E-state index in [0.29, 0.717) is 6.42 Å². The fourth-order valence-electron chi connectivity index (χ4n) is 2.62. The van der Waals surface area contributed by atoms with Crippen LogP contribution in [0.1, 0.15) is 25.3 Å². The Kier molecular flexibility index (Phi) is 5.36. The highest BCUT2D eigenvalue weighted by atomic mass is 16.4. The van der Waals surface area contributed by atoms with Gasteiger partial charge in [0, 0.05) is 32.2 Å². The maximum Gasteiger partial charge on any atom is 0.308 e. The zero-order chi connectivity index (χ0) is 17.0. The Morgan fingerprint density at radius 2 is 1.96 bits per heavy atom. The first kappa shape index (κ1) is 17.0. The molecule has 0 bridgehead atoms. The molecule has 1 atom stereocenters. The first-order chi connectivity index (χ1) is 10.9. The van der Waals surface area contributed by atoms with E-state index in [-0.39, 0.29) is 24.8 Å². The van der Waals surface area contributed by atoms with Crippen molar-refractivity contribution in [3.8, 4) is 0 Å². The molecular formula is C17H22N2O4. The number of hydrogen-bond donors (Lipinski definition) is 1. The van der Waals surface area contributed by atoms with Crippen LogP contribution in [-0.4, -0.2) is 47.9 Å². The maximum atomic E-state index is 12.1. The molecule has 6 heteroatoms. The fraction of sp³-hybridized carbons (Fsp3) is 0.471. The smallest absolute Gasteiger partial charge is 0.308 e. The lowest BCUT2D eigenvalue weighted by atomic mass is 10.1. The Balaban J connectivity index is 1.93. The van der Waals surface area contributed by atoms with E-state index in [0.717, 1.165) is 24.2 Å². The van der Waals surface area contributed by atoms with Gasteiger partial charge in [0.2, 0.25) is 11.8 Å². The van der Waals surface area contributed by atoms with Gasteiger partial charge in [-0.2, -0.15) is 0 Å². The van der Waals surface area contributed by atoms with Crippen molar-refractivity contribution >= 4 is 23.5 Å². The molecule has 0 aromatic heterocycles. The fourth-order valence-corrected chi connectivity index (χ4v) is 2.62. The molecular weight excluding hydrogens is 296 g/mol. The normalized spacial score (nSPS) is 15.6. The van der Waals surface area contributed by atoms with Crippen molar-refractivity contribution in [2.45, 2.75) is 26.2 Å². The zero-order valence-corrected chi connectivity index (χ0v) is 13.5. The number of likely N-dealkylation sites (N-methyl/N-ethyl adjacent to an activating group) is 1. The molecule has 1 N–H and O–H groups in total. The van der Waals surface area contributed by atoms with E-state index in [2.05, 4.69) is 0 Å². The SMILES string of the molecule is C[C@@H](CN(C)C(=O)Cc1ccc(N2CCCC2=O)cc1)C(=O)O. The summed E-state index contributed by atoms with van der Waals surface area (Å²) in [5.41, 5.74) is 1.71. The largest absolute Gasteiger partial charge is 0.481 e. The minimum absolute atomic E-state index is 0.122. The molecule has 23 heavy (non-hydrogen) atoms. The molecule has 0 unspecified atom stereocenters. The van der Waals surface area contributed by atoms with E-state index in [4.69, 9.17) is 5.11 Å². The topological polar surface area (TPSA) is 77.9 Å². The Morgan fingerprint density at radius 1 is 1.30 bits per heavy atom. The predicted octanol–water partition coefficient (Wildman–Crippen LogP) is 1.53. The predicted molar refractivity (Wildman–Crippen MR) is 86.2 cm³/mol. The molecule has 1 saturated heterocycles. The summed E-state index contributed by atoms with van der Waals surface area (Å²) in [5, 5.41) is 8.89. The van der Waals surface area contributed by atoms with Gasteiger partial charge in [-0.25, -0.2) is 0 Å². The van der Waals surface area contributed by atoms with Crippen molar-refractivity contribution in [3.63, 3.8) is 0 Å². The van der Waals surface area contributed by atoms with Crippen molar-refractivity contribution in [2.24, 2.45) is 5.92 Å². The zero-order valence-electron chi connectivity index (χ0n) is 13.5. The number of amides is 2. The van der Waals surface area contributed by atoms with Crippen LogP contribution in [0.3, 0.4) is 0 Å². The van der Waals surface area contributed by atoms with Crippen LogP contribution in [0.4, 0.5) is 5.69 Å². The van der Waals surface area contributed by atoms with Gasteiger partial charge in [-0.3, -0.25) is 14.4 Å². The highest BCUT2D eigenvalue weighted by Gasteiger charge is 2.22. The van der Waals surface area contributed by atoms with E-state index in [1.165, 1.54) is 4.90 Å². The molecule has 2 rings (SSSR count). The number of nitrogens with zero attached hydrogens (tertiary/aromatic N) is 2. The molecule has 1 fully saturated rings. The number of hydrogen-bond acceptors (Lipinski definition) is 3. The van der Waals surface area contributed by atoms with Crippen LogP contribution in [0.25, 0.3) is 0 Å². The van der Waals surface area contributed by atoms with Crippen molar-refractivity contribution in [3.05, 3.63) is 29.8 Å². The molecule has 1 aromatic carbocycles. The third-order valence-electron chi connectivity index (χ3n) is 4.07. The minimum atomic E-state index is -0.913. The third kappa shape index (κ3) is 4.31. The van der Waals surface area contributed by atoms with Crippen LogP contribution >= 0.6 is 0 Å². The van der Waals surface area contributed by atoms with E-state index in [1.54, 1.807) is 18.9 Å². The number of benzene rings is 1. The average Bonchev–Trinajstić information content (AvgIpc) is 2.94. The van der Waals surface area contributed by atoms with Crippen LogP contribution in [0.2, 0.25) is 0 Å². The number of carbonyl (C=O) groups is 3. The summed E-state index contributed by atoms with van der Waals surface area (Å²) in [6.07, 6.45) is 1.69. The molecule has 2 amide bonds. The number of carboxylic acid groups (broad SMARTS) is 1. The highest BCUT2D eigenvalue weighted by molar-refractivity contribution is 5.95. The van der Waals surface area contributed by atoms with Gasteiger partial charge >= 0.3 is 5.97 Å². The minimum Gasteiger partial charge on any atom is -0.481 e. The Labute approximate surface area is 135 Å². The third-order valence-corrected chi connectivity index (χ3v) is 4.07. The van der Waals surface area contributed by atoms with Gasteiger partial charge in [-0.1, -0.05) is 19.1 Å². The van der Waals surface area contributed by atoms with Crippen LogP contribution in [-0.2, 0) is 20.8 Å². The lowest BCUT2D eigenvalue weighted by Crippen LogP contribution is -2.34. The van der Waals surface area contributed by atoms with Gasteiger partial charge in [-0.05, 0) is 24.1 Å². The summed E-state index contributed by atoms with van der Waals surface area (Å²) in [7, 11) is 1.61. The van der Waals surface area contributed by atoms with Crippen LogP contribution < -0.4 is 4.90 Å². The summed E-state index contributed by atoms with van der Waals surface area (Å²) >= 11 is 0. The molecule has 1 aliphatic rings. The number of carboxylic acids is 1. The average molecular weight is 318 g/mol. The summed E-state index contributed by atoms with van der Waals surface area (Å²) in [5.74, 6) is -1.49. The van der Waals surface area contributed by atoms with E-state index >= 15 is 0 Å². The highest BCUT2D eigenvalue weighted by Crippen LogP contribution is 2.21. The molecule has 0 radical (unpaired) electrons. The van der Waals surface area contributed by atoms with Crippen molar-refractivity contribution in [2.75, 3.05) is 25.0 Å². The number of rotatable bonds is 6. The second kappa shape index (κ2) is 7.26. The molecule has 6 nitrogen and oxygen atoms in total. The van der Waals surface area contributed by atoms with Gasteiger partial charge < -0.3 is 14.9 Å². The molecule has 1 heterocycles. The molecule has 0 saturated carbocycles. The molecule has 124 valence electrons. The Bertz CT molecular complexity index is 597. The lowest BCUT2D eigenvalue weighted by molar-refractivity contribution is -0.142. The van der Waals surface area contributed by atoms with E-state index in [9.17, 15) is 14.4 Å². The molecule has 1 aromatic rings. The number of anilines is 1. The van der Waals surface area contributed by atoms with Gasteiger partial charge in [0.05, 0.1) is 12.3 Å². The summed E-state index contributed by atoms with van der Waals surface area (Å²) < 4.78 is 0. The van der Waals surface area contributed by atoms with Crippen molar-refractivity contribution in [1.82, 2.24) is 4.90 Å². The number of aliphatic carboxylic acids is 1. The van der Waals surface area contributed by atoms with Gasteiger partial charge in [0.1, 0.15) is 0 Å².